The van der Waals surface area contributed by atoms with Crippen molar-refractivity contribution in [3.63, 3.8) is 0 Å². The second kappa shape index (κ2) is 5.20. The minimum absolute atomic E-state index is 0.199. The van der Waals surface area contributed by atoms with Crippen LogP contribution in [0, 0.1) is 5.92 Å². The average Bonchev–Trinajstić information content (AvgIpc) is 2.87. The van der Waals surface area contributed by atoms with E-state index >= 15 is 0 Å². The smallest absolute Gasteiger partial charge is 0.417 e. The van der Waals surface area contributed by atoms with Gasteiger partial charge in [0.05, 0.1) is 0 Å². The molecule has 108 valence electrons. The fourth-order valence-corrected chi connectivity index (χ4v) is 2.71. The van der Waals surface area contributed by atoms with Gasteiger partial charge in [-0.25, -0.2) is 9.69 Å². The second-order valence-corrected chi connectivity index (χ2v) is 5.52. The molecule has 0 aliphatic carbocycles. The zero-order valence-electron chi connectivity index (χ0n) is 12.1. The van der Waals surface area contributed by atoms with Gasteiger partial charge in [-0.05, 0) is 16.3 Å². The van der Waals surface area contributed by atoms with Crippen molar-refractivity contribution in [1.82, 2.24) is 4.90 Å². The Labute approximate surface area is 123 Å². The van der Waals surface area contributed by atoms with E-state index in [1.54, 1.807) is 13.8 Å². The number of fused-ring (bicyclic) bond motifs is 1. The van der Waals surface area contributed by atoms with E-state index < -0.39 is 6.09 Å². The molecule has 0 spiro atoms. The SMILES string of the molecule is CC(C)C(=O)N1C(=O)OC[C@@H]1c1cccc2ccccc12. The molecule has 1 aliphatic heterocycles. The molecule has 2 aromatic rings. The van der Waals surface area contributed by atoms with Gasteiger partial charge in [0, 0.05) is 5.92 Å². The topological polar surface area (TPSA) is 46.6 Å². The number of rotatable bonds is 2. The van der Waals surface area contributed by atoms with E-state index in [0.717, 1.165) is 16.3 Å². The maximum absolute atomic E-state index is 12.3. The first-order valence-electron chi connectivity index (χ1n) is 7.07. The molecular weight excluding hydrogens is 266 g/mol. The molecule has 1 saturated heterocycles. The Hall–Kier alpha value is -2.36. The van der Waals surface area contributed by atoms with Crippen LogP contribution >= 0.6 is 0 Å². The van der Waals surface area contributed by atoms with Gasteiger partial charge in [0.1, 0.15) is 12.6 Å². The van der Waals surface area contributed by atoms with Crippen molar-refractivity contribution in [1.29, 1.82) is 0 Å². The molecule has 4 nitrogen and oxygen atoms in total. The highest BCUT2D eigenvalue weighted by atomic mass is 16.6. The predicted molar refractivity (Wildman–Crippen MR) is 79.7 cm³/mol. The maximum Gasteiger partial charge on any atom is 0.417 e. The summed E-state index contributed by atoms with van der Waals surface area (Å²) in [6.07, 6.45) is -0.549. The summed E-state index contributed by atoms with van der Waals surface area (Å²) in [4.78, 5) is 25.5. The van der Waals surface area contributed by atoms with Crippen LogP contribution in [0.1, 0.15) is 25.5 Å². The molecule has 1 heterocycles. The van der Waals surface area contributed by atoms with Crippen LogP contribution in [0.4, 0.5) is 4.79 Å². The molecule has 21 heavy (non-hydrogen) atoms. The highest BCUT2D eigenvalue weighted by molar-refractivity contribution is 5.96. The number of hydrogen-bond acceptors (Lipinski definition) is 3. The van der Waals surface area contributed by atoms with Gasteiger partial charge in [-0.3, -0.25) is 4.79 Å². The molecule has 2 aromatic carbocycles. The van der Waals surface area contributed by atoms with Crippen LogP contribution in [0.3, 0.4) is 0 Å². The molecule has 0 unspecified atom stereocenters. The average molecular weight is 283 g/mol. The zero-order valence-corrected chi connectivity index (χ0v) is 12.1. The molecule has 3 rings (SSSR count). The molecule has 2 amide bonds. The Balaban J connectivity index is 2.09. The Morgan fingerprint density at radius 1 is 1.19 bits per heavy atom. The summed E-state index contributed by atoms with van der Waals surface area (Å²) in [7, 11) is 0. The molecule has 0 radical (unpaired) electrons. The van der Waals surface area contributed by atoms with E-state index in [1.165, 1.54) is 4.90 Å². The van der Waals surface area contributed by atoms with Crippen molar-refractivity contribution >= 4 is 22.8 Å². The first-order valence-corrected chi connectivity index (χ1v) is 7.07. The lowest BCUT2D eigenvalue weighted by atomic mass is 9.98. The van der Waals surface area contributed by atoms with Gasteiger partial charge in [0.2, 0.25) is 5.91 Å². The van der Waals surface area contributed by atoms with E-state index in [1.807, 2.05) is 42.5 Å². The monoisotopic (exact) mass is 283 g/mol. The number of amides is 2. The van der Waals surface area contributed by atoms with Gasteiger partial charge in [0.15, 0.2) is 0 Å². The van der Waals surface area contributed by atoms with Gasteiger partial charge in [-0.2, -0.15) is 0 Å². The highest BCUT2D eigenvalue weighted by Crippen LogP contribution is 2.33. The number of cyclic esters (lactones) is 1. The van der Waals surface area contributed by atoms with Crippen molar-refractivity contribution in [2.45, 2.75) is 19.9 Å². The fourth-order valence-electron chi connectivity index (χ4n) is 2.71. The molecule has 1 atom stereocenters. The molecule has 4 heteroatoms. The van der Waals surface area contributed by atoms with Crippen LogP contribution in [-0.4, -0.2) is 23.5 Å². The summed E-state index contributed by atoms with van der Waals surface area (Å²) in [5.41, 5.74) is 0.952. The van der Waals surface area contributed by atoms with E-state index in [9.17, 15) is 9.59 Å². The molecule has 0 aromatic heterocycles. The fraction of sp³-hybridized carbons (Fsp3) is 0.294. The van der Waals surface area contributed by atoms with Gasteiger partial charge in [0.25, 0.3) is 0 Å². The number of hydrogen-bond donors (Lipinski definition) is 0. The summed E-state index contributed by atoms with van der Waals surface area (Å²) in [6, 6.07) is 13.5. The zero-order chi connectivity index (χ0) is 15.0. The number of carbonyl (C=O) groups excluding carboxylic acids is 2. The summed E-state index contributed by atoms with van der Waals surface area (Å²) in [5, 5.41) is 2.14. The third-order valence-electron chi connectivity index (χ3n) is 3.79. The normalized spacial score (nSPS) is 18.3. The van der Waals surface area contributed by atoms with Gasteiger partial charge in [-0.15, -0.1) is 0 Å². The minimum atomic E-state index is -0.549. The third-order valence-corrected chi connectivity index (χ3v) is 3.79. The second-order valence-electron chi connectivity index (χ2n) is 5.52. The number of nitrogens with zero attached hydrogens (tertiary/aromatic N) is 1. The van der Waals surface area contributed by atoms with Crippen LogP contribution in [-0.2, 0) is 9.53 Å². The Bertz CT molecular complexity index is 703. The molecule has 0 N–H and O–H groups in total. The summed E-state index contributed by atoms with van der Waals surface area (Å²) >= 11 is 0. The van der Waals surface area contributed by atoms with E-state index in [-0.39, 0.29) is 24.5 Å². The van der Waals surface area contributed by atoms with Gasteiger partial charge in [-0.1, -0.05) is 56.3 Å². The highest BCUT2D eigenvalue weighted by Gasteiger charge is 2.40. The summed E-state index contributed by atoms with van der Waals surface area (Å²) in [5.74, 6) is -0.441. The van der Waals surface area contributed by atoms with E-state index in [4.69, 9.17) is 4.74 Å². The van der Waals surface area contributed by atoms with Crippen LogP contribution in [0.2, 0.25) is 0 Å². The van der Waals surface area contributed by atoms with E-state index in [0.29, 0.717) is 0 Å². The Morgan fingerprint density at radius 3 is 2.67 bits per heavy atom. The maximum atomic E-state index is 12.3. The lowest BCUT2D eigenvalue weighted by Crippen LogP contribution is -2.37. The van der Waals surface area contributed by atoms with Gasteiger partial charge >= 0.3 is 6.09 Å². The predicted octanol–water partition coefficient (Wildman–Crippen LogP) is 3.52. The van der Waals surface area contributed by atoms with Crippen LogP contribution in [0.15, 0.2) is 42.5 Å². The lowest BCUT2D eigenvalue weighted by molar-refractivity contribution is -0.132. The largest absolute Gasteiger partial charge is 0.446 e. The van der Waals surface area contributed by atoms with Crippen LogP contribution in [0.5, 0.6) is 0 Å². The summed E-state index contributed by atoms with van der Waals surface area (Å²) in [6.45, 7) is 3.79. The minimum Gasteiger partial charge on any atom is -0.446 e. The van der Waals surface area contributed by atoms with E-state index in [2.05, 4.69) is 0 Å². The number of benzene rings is 2. The van der Waals surface area contributed by atoms with Crippen molar-refractivity contribution in [3.05, 3.63) is 48.0 Å². The number of carbonyl (C=O) groups is 2. The lowest BCUT2D eigenvalue weighted by Gasteiger charge is -2.22. The third kappa shape index (κ3) is 2.27. The molecule has 0 bridgehead atoms. The molecule has 1 fully saturated rings. The first-order chi connectivity index (χ1) is 10.1. The van der Waals surface area contributed by atoms with Crippen molar-refractivity contribution in [2.75, 3.05) is 6.61 Å². The quantitative estimate of drug-likeness (QED) is 0.847. The molecule has 1 aliphatic rings. The molecule has 0 saturated carbocycles. The van der Waals surface area contributed by atoms with Crippen molar-refractivity contribution < 1.29 is 14.3 Å². The number of imide groups is 1. The van der Waals surface area contributed by atoms with Crippen LogP contribution in [0.25, 0.3) is 10.8 Å². The standard InChI is InChI=1S/C17H17NO3/c1-11(2)16(19)18-15(10-21-17(18)20)14-9-5-7-12-6-3-4-8-13(12)14/h3-9,11,15H,10H2,1-2H3/t15-/m1/s1. The first kappa shape index (κ1) is 13.6. The van der Waals surface area contributed by atoms with Crippen molar-refractivity contribution in [2.24, 2.45) is 5.92 Å². The number of ether oxygens (including phenoxy) is 1. The Morgan fingerprint density at radius 2 is 1.90 bits per heavy atom. The Kier molecular flexibility index (Phi) is 3.37. The van der Waals surface area contributed by atoms with Crippen LogP contribution < -0.4 is 0 Å². The van der Waals surface area contributed by atoms with Gasteiger partial charge < -0.3 is 4.74 Å². The van der Waals surface area contributed by atoms with Crippen molar-refractivity contribution in [3.8, 4) is 0 Å². The summed E-state index contributed by atoms with van der Waals surface area (Å²) < 4.78 is 5.12. The molecular formula is C17H17NO3.